The summed E-state index contributed by atoms with van der Waals surface area (Å²) in [5, 5.41) is 1.01. The van der Waals surface area contributed by atoms with E-state index in [4.69, 9.17) is 11.6 Å². The fourth-order valence-electron chi connectivity index (χ4n) is 1.40. The van der Waals surface area contributed by atoms with Gasteiger partial charge in [0.05, 0.1) is 11.3 Å². The van der Waals surface area contributed by atoms with Gasteiger partial charge in [0.15, 0.2) is 0 Å². The fourth-order valence-corrected chi connectivity index (χ4v) is 1.58. The number of carbonyl (C=O) groups is 3. The lowest BCUT2D eigenvalue weighted by atomic mass is 10.1. The molecule has 1 amide bonds. The normalized spacial score (nSPS) is 14.0. The number of hydroxylamine groups is 1. The number of amides is 1. The van der Waals surface area contributed by atoms with Gasteiger partial charge in [-0.3, -0.25) is 9.59 Å². The first-order valence-corrected chi connectivity index (χ1v) is 4.75. The molecule has 1 aromatic rings. The van der Waals surface area contributed by atoms with Crippen molar-refractivity contribution in [1.82, 2.24) is 0 Å². The van der Waals surface area contributed by atoms with Gasteiger partial charge in [0.1, 0.15) is 0 Å². The number of fused-ring (bicyclic) bond motifs is 1. The van der Waals surface area contributed by atoms with Crippen molar-refractivity contribution in [3.05, 3.63) is 28.8 Å². The molecule has 82 valence electrons. The third kappa shape index (κ3) is 1.55. The van der Waals surface area contributed by atoms with E-state index >= 15 is 0 Å². The number of Topliss-reactive ketones (excluding diaryl/α,β-unsaturated/α-hetero) is 1. The predicted octanol–water partition coefficient (Wildman–Crippen LogP) is 1.35. The van der Waals surface area contributed by atoms with E-state index in [1.807, 2.05) is 0 Å². The van der Waals surface area contributed by atoms with Crippen molar-refractivity contribution in [2.75, 3.05) is 5.06 Å². The van der Waals surface area contributed by atoms with Crippen LogP contribution in [0.5, 0.6) is 0 Å². The molecule has 0 fully saturated rings. The highest BCUT2D eigenvalue weighted by atomic mass is 35.5. The quantitative estimate of drug-likeness (QED) is 0.694. The van der Waals surface area contributed by atoms with E-state index in [0.717, 1.165) is 6.92 Å². The molecular weight excluding hydrogens is 234 g/mol. The Bertz CT molecular complexity index is 512. The second kappa shape index (κ2) is 3.61. The zero-order valence-electron chi connectivity index (χ0n) is 8.19. The van der Waals surface area contributed by atoms with Crippen LogP contribution in [0.1, 0.15) is 17.3 Å². The lowest BCUT2D eigenvalue weighted by molar-refractivity contribution is -0.146. The number of hydrogen-bond acceptors (Lipinski definition) is 4. The minimum absolute atomic E-state index is 0.138. The Hall–Kier alpha value is -1.88. The molecule has 0 spiro atoms. The number of benzene rings is 1. The Balaban J connectivity index is 2.50. The highest BCUT2D eigenvalue weighted by molar-refractivity contribution is 6.52. The molecule has 0 unspecified atom stereocenters. The molecule has 1 aliphatic heterocycles. The van der Waals surface area contributed by atoms with Crippen molar-refractivity contribution in [1.29, 1.82) is 0 Å². The van der Waals surface area contributed by atoms with E-state index < -0.39 is 17.7 Å². The lowest BCUT2D eigenvalue weighted by Crippen LogP contribution is -2.31. The van der Waals surface area contributed by atoms with E-state index in [9.17, 15) is 14.4 Å². The van der Waals surface area contributed by atoms with Crippen molar-refractivity contribution in [3.8, 4) is 0 Å². The standard InChI is InChI=1S/C10H6ClNO4/c1-5(13)16-12-8-3-2-6(11)4-7(8)9(14)10(12)15/h2-4H,1H3. The van der Waals surface area contributed by atoms with Crippen LogP contribution < -0.4 is 5.06 Å². The maximum atomic E-state index is 11.5. The van der Waals surface area contributed by atoms with Crippen LogP contribution in [0.15, 0.2) is 18.2 Å². The molecule has 0 aliphatic carbocycles. The minimum Gasteiger partial charge on any atom is -0.333 e. The maximum absolute atomic E-state index is 11.5. The lowest BCUT2D eigenvalue weighted by Gasteiger charge is -2.13. The summed E-state index contributed by atoms with van der Waals surface area (Å²) < 4.78 is 0. The third-order valence-corrected chi connectivity index (χ3v) is 2.26. The molecule has 0 radical (unpaired) electrons. The van der Waals surface area contributed by atoms with Gasteiger partial charge in [-0.15, -0.1) is 5.06 Å². The summed E-state index contributed by atoms with van der Waals surface area (Å²) in [7, 11) is 0. The number of rotatable bonds is 1. The van der Waals surface area contributed by atoms with Crippen LogP contribution in [0.3, 0.4) is 0 Å². The fraction of sp³-hybridized carbons (Fsp3) is 0.100. The van der Waals surface area contributed by atoms with E-state index in [-0.39, 0.29) is 11.3 Å². The van der Waals surface area contributed by atoms with Gasteiger partial charge in [0.25, 0.3) is 5.78 Å². The Labute approximate surface area is 95.5 Å². The Morgan fingerprint density at radius 1 is 1.38 bits per heavy atom. The van der Waals surface area contributed by atoms with Gasteiger partial charge < -0.3 is 4.84 Å². The molecule has 2 rings (SSSR count). The van der Waals surface area contributed by atoms with Crippen LogP contribution in [-0.4, -0.2) is 17.7 Å². The smallest absolute Gasteiger partial charge is 0.332 e. The summed E-state index contributed by atoms with van der Waals surface area (Å²) in [5.74, 6) is -2.31. The molecule has 0 atom stereocenters. The number of carbonyl (C=O) groups excluding carboxylic acids is 3. The molecule has 0 aromatic heterocycles. The Kier molecular flexibility index (Phi) is 2.40. The molecule has 6 heteroatoms. The van der Waals surface area contributed by atoms with Crippen molar-refractivity contribution in [3.63, 3.8) is 0 Å². The summed E-state index contributed by atoms with van der Waals surface area (Å²) in [5.41, 5.74) is 0.369. The topological polar surface area (TPSA) is 63.7 Å². The van der Waals surface area contributed by atoms with Crippen LogP contribution in [0.4, 0.5) is 5.69 Å². The average Bonchev–Trinajstić information content (AvgIpc) is 2.43. The number of halogens is 1. The van der Waals surface area contributed by atoms with Crippen LogP contribution in [0.25, 0.3) is 0 Å². The number of anilines is 1. The maximum Gasteiger partial charge on any atom is 0.332 e. The van der Waals surface area contributed by atoms with E-state index in [2.05, 4.69) is 4.84 Å². The molecule has 0 saturated carbocycles. The van der Waals surface area contributed by atoms with Gasteiger partial charge in [-0.1, -0.05) is 11.6 Å². The summed E-state index contributed by atoms with van der Waals surface area (Å²) in [4.78, 5) is 38.4. The van der Waals surface area contributed by atoms with Crippen molar-refractivity contribution in [2.45, 2.75) is 6.92 Å². The van der Waals surface area contributed by atoms with Crippen LogP contribution in [0, 0.1) is 0 Å². The SMILES string of the molecule is CC(=O)ON1C(=O)C(=O)c2cc(Cl)ccc21. The zero-order chi connectivity index (χ0) is 11.9. The molecule has 1 heterocycles. The molecule has 0 N–H and O–H groups in total. The molecule has 16 heavy (non-hydrogen) atoms. The van der Waals surface area contributed by atoms with Gasteiger partial charge in [-0.05, 0) is 18.2 Å². The van der Waals surface area contributed by atoms with E-state index in [1.54, 1.807) is 0 Å². The number of hydrogen-bond donors (Lipinski definition) is 0. The van der Waals surface area contributed by atoms with Crippen molar-refractivity contribution >= 4 is 34.9 Å². The van der Waals surface area contributed by atoms with Crippen molar-refractivity contribution in [2.24, 2.45) is 0 Å². The van der Waals surface area contributed by atoms with Crippen LogP contribution in [-0.2, 0) is 14.4 Å². The summed E-state index contributed by atoms with van der Waals surface area (Å²) >= 11 is 5.70. The van der Waals surface area contributed by atoms with Gasteiger partial charge in [0.2, 0.25) is 0 Å². The third-order valence-electron chi connectivity index (χ3n) is 2.02. The molecular formula is C10H6ClNO4. The molecule has 1 aliphatic rings. The van der Waals surface area contributed by atoms with Crippen molar-refractivity contribution < 1.29 is 19.2 Å². The minimum atomic E-state index is -0.896. The van der Waals surface area contributed by atoms with Crippen LogP contribution in [0.2, 0.25) is 5.02 Å². The van der Waals surface area contributed by atoms with Crippen LogP contribution >= 0.6 is 11.6 Å². The number of ketones is 1. The molecule has 1 aromatic carbocycles. The first kappa shape index (κ1) is 10.6. The summed E-state index contributed by atoms with van der Waals surface area (Å²) in [6.45, 7) is 1.14. The molecule has 0 saturated heterocycles. The van der Waals surface area contributed by atoms with E-state index in [1.165, 1.54) is 18.2 Å². The van der Waals surface area contributed by atoms with Gasteiger partial charge in [-0.2, -0.15) is 0 Å². The summed E-state index contributed by atoms with van der Waals surface area (Å²) in [6.07, 6.45) is 0. The first-order valence-electron chi connectivity index (χ1n) is 4.37. The Morgan fingerprint density at radius 3 is 2.69 bits per heavy atom. The molecule has 0 bridgehead atoms. The monoisotopic (exact) mass is 239 g/mol. The Morgan fingerprint density at radius 2 is 2.06 bits per heavy atom. The molecule has 5 nitrogen and oxygen atoms in total. The summed E-state index contributed by atoms with van der Waals surface area (Å²) in [6, 6.07) is 4.31. The number of nitrogens with zero attached hydrogens (tertiary/aromatic N) is 1. The predicted molar refractivity (Wildman–Crippen MR) is 55.0 cm³/mol. The largest absolute Gasteiger partial charge is 0.333 e. The van der Waals surface area contributed by atoms with E-state index in [0.29, 0.717) is 10.1 Å². The first-order chi connectivity index (χ1) is 7.50. The van der Waals surface area contributed by atoms with Gasteiger partial charge in [0, 0.05) is 11.9 Å². The zero-order valence-corrected chi connectivity index (χ0v) is 8.95. The average molecular weight is 240 g/mol. The second-order valence-electron chi connectivity index (χ2n) is 3.17. The van der Waals surface area contributed by atoms with Gasteiger partial charge in [-0.25, -0.2) is 4.79 Å². The highest BCUT2D eigenvalue weighted by Gasteiger charge is 2.38. The highest BCUT2D eigenvalue weighted by Crippen LogP contribution is 2.31. The van der Waals surface area contributed by atoms with Gasteiger partial charge >= 0.3 is 11.9 Å². The second-order valence-corrected chi connectivity index (χ2v) is 3.61.